The lowest BCUT2D eigenvalue weighted by Crippen LogP contribution is -2.36. The van der Waals surface area contributed by atoms with Crippen LogP contribution in [0.5, 0.6) is 0 Å². The molecule has 0 bridgehead atoms. The third-order valence-corrected chi connectivity index (χ3v) is 1.31. The van der Waals surface area contributed by atoms with E-state index in [2.05, 4.69) is 0 Å². The Balaban J connectivity index is 3.30. The summed E-state index contributed by atoms with van der Waals surface area (Å²) in [5, 5.41) is 0. The molecule has 4 heteroatoms. The largest absolute Gasteiger partial charge is 0.329 e. The van der Waals surface area contributed by atoms with Gasteiger partial charge >= 0.3 is 0 Å². The van der Waals surface area contributed by atoms with Crippen molar-refractivity contribution in [1.82, 2.24) is 10.6 Å². The average molecular weight is 144 g/mol. The summed E-state index contributed by atoms with van der Waals surface area (Å²) in [5.74, 6) is 0. The minimum absolute atomic E-state index is 0.181. The van der Waals surface area contributed by atoms with Crippen molar-refractivity contribution in [1.29, 1.82) is 0 Å². The molecule has 60 valence electrons. The average Bonchev–Trinajstić information content (AvgIpc) is 1.90. The van der Waals surface area contributed by atoms with E-state index >= 15 is 0 Å². The summed E-state index contributed by atoms with van der Waals surface area (Å²) < 4.78 is 0. The molecule has 0 spiro atoms. The zero-order valence-corrected chi connectivity index (χ0v) is 6.29. The third-order valence-electron chi connectivity index (χ3n) is 1.31. The van der Waals surface area contributed by atoms with Gasteiger partial charge in [0.1, 0.15) is 0 Å². The minimum atomic E-state index is 0.181. The SMILES string of the molecule is [N]CCN(CCN)CCN. The lowest BCUT2D eigenvalue weighted by molar-refractivity contribution is 0.296. The number of nitrogens with zero attached hydrogens (tertiary/aromatic N) is 2. The standard InChI is InChI=1S/C6H16N4/c7-1-4-10(5-2-8)6-3-9/h1-8H2. The Kier molecular flexibility index (Phi) is 6.84. The monoisotopic (exact) mass is 144 g/mol. The van der Waals surface area contributed by atoms with Crippen LogP contribution in [0.25, 0.3) is 0 Å². The molecule has 2 radical (unpaired) electrons. The molecular formula is C6H16N4. The van der Waals surface area contributed by atoms with Crippen LogP contribution in [-0.2, 0) is 0 Å². The van der Waals surface area contributed by atoms with Gasteiger partial charge in [0.25, 0.3) is 0 Å². The Morgan fingerprint density at radius 2 is 1.50 bits per heavy atom. The van der Waals surface area contributed by atoms with E-state index in [0.29, 0.717) is 19.6 Å². The van der Waals surface area contributed by atoms with Gasteiger partial charge in [0.15, 0.2) is 0 Å². The molecule has 0 aliphatic carbocycles. The van der Waals surface area contributed by atoms with Gasteiger partial charge in [-0.25, -0.2) is 0 Å². The second-order valence-electron chi connectivity index (χ2n) is 2.14. The molecular weight excluding hydrogens is 128 g/mol. The molecule has 0 amide bonds. The highest BCUT2D eigenvalue weighted by Gasteiger charge is 1.99. The fraction of sp³-hybridized carbons (Fsp3) is 1.00. The maximum Gasteiger partial charge on any atom is 0.0449 e. The predicted octanol–water partition coefficient (Wildman–Crippen LogP) is -1.73. The molecule has 0 atom stereocenters. The van der Waals surface area contributed by atoms with Crippen molar-refractivity contribution in [2.75, 3.05) is 39.3 Å². The van der Waals surface area contributed by atoms with Crippen molar-refractivity contribution in [3.8, 4) is 0 Å². The first-order valence-electron chi connectivity index (χ1n) is 3.58. The first-order chi connectivity index (χ1) is 4.85. The summed E-state index contributed by atoms with van der Waals surface area (Å²) in [6.45, 7) is 3.74. The lowest BCUT2D eigenvalue weighted by Gasteiger charge is -2.18. The van der Waals surface area contributed by atoms with E-state index in [0.717, 1.165) is 13.1 Å². The molecule has 0 unspecified atom stereocenters. The highest BCUT2D eigenvalue weighted by Crippen LogP contribution is 1.82. The molecule has 0 rings (SSSR count). The van der Waals surface area contributed by atoms with E-state index in [9.17, 15) is 0 Å². The van der Waals surface area contributed by atoms with Gasteiger partial charge in [0.05, 0.1) is 0 Å². The second kappa shape index (κ2) is 6.95. The summed E-state index contributed by atoms with van der Waals surface area (Å²) in [6.07, 6.45) is 0. The summed E-state index contributed by atoms with van der Waals surface area (Å²) in [6, 6.07) is 0. The van der Waals surface area contributed by atoms with Gasteiger partial charge < -0.3 is 11.5 Å². The van der Waals surface area contributed by atoms with Crippen LogP contribution in [0.15, 0.2) is 0 Å². The Morgan fingerprint density at radius 1 is 1.00 bits per heavy atom. The number of nitrogens with two attached hydrogens (primary N) is 2. The van der Waals surface area contributed by atoms with Crippen LogP contribution < -0.4 is 17.2 Å². The van der Waals surface area contributed by atoms with Gasteiger partial charge in [-0.1, -0.05) is 0 Å². The highest BCUT2D eigenvalue weighted by atomic mass is 15.1. The van der Waals surface area contributed by atoms with E-state index in [4.69, 9.17) is 17.2 Å². The van der Waals surface area contributed by atoms with Gasteiger partial charge in [-0.15, -0.1) is 5.73 Å². The second-order valence-corrected chi connectivity index (χ2v) is 2.14. The van der Waals surface area contributed by atoms with Gasteiger partial charge in [-0.05, 0) is 0 Å². The molecule has 10 heavy (non-hydrogen) atoms. The highest BCUT2D eigenvalue weighted by molar-refractivity contribution is 4.58. The van der Waals surface area contributed by atoms with Crippen molar-refractivity contribution >= 4 is 0 Å². The third kappa shape index (κ3) is 4.69. The summed E-state index contributed by atoms with van der Waals surface area (Å²) in [5.41, 5.74) is 19.2. The molecule has 0 aliphatic heterocycles. The zero-order valence-electron chi connectivity index (χ0n) is 6.29. The normalized spacial score (nSPS) is 10.8. The smallest absolute Gasteiger partial charge is 0.0449 e. The van der Waals surface area contributed by atoms with Crippen LogP contribution >= 0.6 is 0 Å². The van der Waals surface area contributed by atoms with Gasteiger partial charge in [0, 0.05) is 39.3 Å². The molecule has 0 aliphatic rings. The van der Waals surface area contributed by atoms with Crippen LogP contribution in [-0.4, -0.2) is 44.2 Å². The van der Waals surface area contributed by atoms with Gasteiger partial charge in [0.2, 0.25) is 0 Å². The first kappa shape index (κ1) is 9.84. The number of hydrogen-bond acceptors (Lipinski definition) is 3. The molecule has 0 heterocycles. The van der Waals surface area contributed by atoms with Gasteiger partial charge in [-0.3, -0.25) is 4.90 Å². The first-order valence-corrected chi connectivity index (χ1v) is 3.58. The van der Waals surface area contributed by atoms with Crippen LogP contribution in [0.3, 0.4) is 0 Å². The molecule has 0 aromatic carbocycles. The van der Waals surface area contributed by atoms with Gasteiger partial charge in [-0.2, -0.15) is 0 Å². The maximum atomic E-state index is 8.57. The fourth-order valence-electron chi connectivity index (χ4n) is 0.842. The van der Waals surface area contributed by atoms with E-state index < -0.39 is 0 Å². The van der Waals surface area contributed by atoms with E-state index in [1.807, 2.05) is 4.90 Å². The Hall–Kier alpha value is -0.160. The molecule has 4 nitrogen and oxygen atoms in total. The Morgan fingerprint density at radius 3 is 1.80 bits per heavy atom. The molecule has 0 saturated heterocycles. The van der Waals surface area contributed by atoms with Crippen molar-refractivity contribution in [3.63, 3.8) is 0 Å². The fourth-order valence-corrected chi connectivity index (χ4v) is 0.842. The summed E-state index contributed by atoms with van der Waals surface area (Å²) in [7, 11) is 0. The topological polar surface area (TPSA) is 77.6 Å². The lowest BCUT2D eigenvalue weighted by atomic mass is 10.4. The minimum Gasteiger partial charge on any atom is -0.329 e. The summed E-state index contributed by atoms with van der Waals surface area (Å²) >= 11 is 0. The molecule has 4 N–H and O–H groups in total. The Labute approximate surface area is 62.3 Å². The maximum absolute atomic E-state index is 8.57. The van der Waals surface area contributed by atoms with Crippen LogP contribution in [0.1, 0.15) is 0 Å². The van der Waals surface area contributed by atoms with E-state index in [-0.39, 0.29) is 6.54 Å². The molecule has 0 aromatic heterocycles. The quantitative estimate of drug-likeness (QED) is 0.465. The van der Waals surface area contributed by atoms with E-state index in [1.165, 1.54) is 0 Å². The molecule has 0 saturated carbocycles. The van der Waals surface area contributed by atoms with E-state index in [1.54, 1.807) is 0 Å². The number of rotatable bonds is 6. The van der Waals surface area contributed by atoms with Crippen LogP contribution in [0.2, 0.25) is 0 Å². The molecule has 0 aromatic rings. The van der Waals surface area contributed by atoms with Crippen molar-refractivity contribution in [2.45, 2.75) is 0 Å². The van der Waals surface area contributed by atoms with Crippen molar-refractivity contribution in [2.24, 2.45) is 11.5 Å². The summed E-state index contributed by atoms with van der Waals surface area (Å²) in [4.78, 5) is 2.04. The Bertz CT molecular complexity index is 52.5. The predicted molar refractivity (Wildman–Crippen MR) is 41.5 cm³/mol. The van der Waals surface area contributed by atoms with Crippen molar-refractivity contribution in [3.05, 3.63) is 0 Å². The van der Waals surface area contributed by atoms with Crippen LogP contribution in [0.4, 0.5) is 0 Å². The van der Waals surface area contributed by atoms with Crippen LogP contribution in [0, 0.1) is 0 Å². The van der Waals surface area contributed by atoms with Crippen molar-refractivity contribution < 1.29 is 0 Å². The molecule has 0 fully saturated rings. The zero-order chi connectivity index (χ0) is 7.82. The number of hydrogen-bond donors (Lipinski definition) is 2.